The molecule has 1 heterocycles. The second kappa shape index (κ2) is 6.23. The Morgan fingerprint density at radius 3 is 2.69 bits per heavy atom. The van der Waals surface area contributed by atoms with Gasteiger partial charge in [-0.25, -0.2) is 8.42 Å². The van der Waals surface area contributed by atoms with E-state index in [1.54, 1.807) is 11.2 Å². The molecule has 0 N–H and O–H groups in total. The fraction of sp³-hybridized carbons (Fsp3) is 1.00. The SMILES string of the molecule is CCS(=O)(=O)N1CCCSCC1CN(C)C. The summed E-state index contributed by atoms with van der Waals surface area (Å²) in [7, 11) is 0.939. The minimum absolute atomic E-state index is 0.132. The van der Waals surface area contributed by atoms with Crippen LogP contribution < -0.4 is 0 Å². The van der Waals surface area contributed by atoms with Crippen molar-refractivity contribution < 1.29 is 8.42 Å². The topological polar surface area (TPSA) is 40.6 Å². The molecule has 0 radical (unpaired) electrons. The third-order valence-corrected chi connectivity index (χ3v) is 5.81. The number of nitrogens with zero attached hydrogens (tertiary/aromatic N) is 2. The molecule has 1 rings (SSSR count). The highest BCUT2D eigenvalue weighted by molar-refractivity contribution is 7.99. The van der Waals surface area contributed by atoms with Crippen LogP contribution >= 0.6 is 11.8 Å². The zero-order chi connectivity index (χ0) is 12.2. The van der Waals surface area contributed by atoms with Crippen LogP contribution in [0.1, 0.15) is 13.3 Å². The highest BCUT2D eigenvalue weighted by Gasteiger charge is 2.30. The lowest BCUT2D eigenvalue weighted by Crippen LogP contribution is -2.47. The zero-order valence-corrected chi connectivity index (χ0v) is 12.0. The standard InChI is InChI=1S/C10H22N2O2S2/c1-4-16(13,14)12-6-5-7-15-9-10(12)8-11(2)3/h10H,4-9H2,1-3H3. The molecule has 1 unspecified atom stereocenters. The van der Waals surface area contributed by atoms with Gasteiger partial charge in [0.05, 0.1) is 5.75 Å². The molecule has 1 atom stereocenters. The van der Waals surface area contributed by atoms with Crippen LogP contribution in [0.2, 0.25) is 0 Å². The van der Waals surface area contributed by atoms with E-state index >= 15 is 0 Å². The molecule has 0 spiro atoms. The van der Waals surface area contributed by atoms with Crippen molar-refractivity contribution in [1.29, 1.82) is 0 Å². The van der Waals surface area contributed by atoms with E-state index in [9.17, 15) is 8.42 Å². The number of rotatable bonds is 4. The molecule has 0 aromatic heterocycles. The number of hydrogen-bond acceptors (Lipinski definition) is 4. The minimum atomic E-state index is -3.05. The lowest BCUT2D eigenvalue weighted by atomic mass is 10.3. The van der Waals surface area contributed by atoms with E-state index in [-0.39, 0.29) is 11.8 Å². The van der Waals surface area contributed by atoms with Gasteiger partial charge in [-0.15, -0.1) is 0 Å². The van der Waals surface area contributed by atoms with Gasteiger partial charge in [0, 0.05) is 24.9 Å². The van der Waals surface area contributed by atoms with Crippen molar-refractivity contribution in [3.8, 4) is 0 Å². The first kappa shape index (κ1) is 14.3. The Bertz CT molecular complexity index is 304. The molecular formula is C10H22N2O2S2. The lowest BCUT2D eigenvalue weighted by molar-refractivity contribution is 0.271. The first-order chi connectivity index (χ1) is 7.47. The van der Waals surface area contributed by atoms with Crippen LogP contribution in [0.4, 0.5) is 0 Å². The highest BCUT2D eigenvalue weighted by Crippen LogP contribution is 2.20. The van der Waals surface area contributed by atoms with Crippen molar-refractivity contribution in [2.45, 2.75) is 19.4 Å². The van der Waals surface area contributed by atoms with Crippen molar-refractivity contribution in [2.75, 3.05) is 44.4 Å². The van der Waals surface area contributed by atoms with E-state index in [2.05, 4.69) is 4.90 Å². The van der Waals surface area contributed by atoms with Gasteiger partial charge in [0.15, 0.2) is 0 Å². The molecular weight excluding hydrogens is 244 g/mol. The summed E-state index contributed by atoms with van der Waals surface area (Å²) in [6.45, 7) is 3.22. The summed E-state index contributed by atoms with van der Waals surface area (Å²) in [5, 5.41) is 0. The van der Waals surface area contributed by atoms with E-state index in [0.29, 0.717) is 6.54 Å². The van der Waals surface area contributed by atoms with Crippen molar-refractivity contribution in [2.24, 2.45) is 0 Å². The molecule has 0 bridgehead atoms. The van der Waals surface area contributed by atoms with E-state index < -0.39 is 10.0 Å². The number of likely N-dealkylation sites (N-methyl/N-ethyl adjacent to an activating group) is 1. The van der Waals surface area contributed by atoms with Gasteiger partial charge in [-0.05, 0) is 33.2 Å². The van der Waals surface area contributed by atoms with Crippen molar-refractivity contribution in [3.63, 3.8) is 0 Å². The van der Waals surface area contributed by atoms with Crippen molar-refractivity contribution in [3.05, 3.63) is 0 Å². The second-order valence-corrected chi connectivity index (χ2v) is 7.72. The van der Waals surface area contributed by atoms with Gasteiger partial charge in [0.1, 0.15) is 0 Å². The largest absolute Gasteiger partial charge is 0.308 e. The average molecular weight is 266 g/mol. The van der Waals surface area contributed by atoms with Crippen LogP contribution in [0.15, 0.2) is 0 Å². The number of sulfonamides is 1. The summed E-state index contributed by atoms with van der Waals surface area (Å²) in [5.74, 6) is 2.19. The van der Waals surface area contributed by atoms with E-state index in [1.165, 1.54) is 0 Å². The molecule has 0 saturated carbocycles. The first-order valence-electron chi connectivity index (χ1n) is 5.69. The molecule has 6 heteroatoms. The van der Waals surface area contributed by atoms with Crippen LogP contribution in [0.25, 0.3) is 0 Å². The summed E-state index contributed by atoms with van der Waals surface area (Å²) >= 11 is 1.86. The maximum Gasteiger partial charge on any atom is 0.214 e. The van der Waals surface area contributed by atoms with Gasteiger partial charge >= 0.3 is 0 Å². The van der Waals surface area contributed by atoms with E-state index in [1.807, 2.05) is 25.9 Å². The molecule has 0 amide bonds. The molecule has 0 aliphatic carbocycles. The van der Waals surface area contributed by atoms with Gasteiger partial charge < -0.3 is 4.90 Å². The summed E-state index contributed by atoms with van der Waals surface area (Å²) in [6.07, 6.45) is 0.966. The smallest absolute Gasteiger partial charge is 0.214 e. The normalized spacial score (nSPS) is 24.6. The van der Waals surface area contributed by atoms with Gasteiger partial charge in [-0.1, -0.05) is 0 Å². The summed E-state index contributed by atoms with van der Waals surface area (Å²) < 4.78 is 25.7. The summed E-state index contributed by atoms with van der Waals surface area (Å²) in [6, 6.07) is 0.132. The molecule has 16 heavy (non-hydrogen) atoms. The molecule has 4 nitrogen and oxygen atoms in total. The highest BCUT2D eigenvalue weighted by atomic mass is 32.2. The van der Waals surface area contributed by atoms with Crippen LogP contribution in [-0.2, 0) is 10.0 Å². The Morgan fingerprint density at radius 2 is 2.12 bits per heavy atom. The minimum Gasteiger partial charge on any atom is -0.308 e. The van der Waals surface area contributed by atoms with Crippen LogP contribution in [0.3, 0.4) is 0 Å². The quantitative estimate of drug-likeness (QED) is 0.751. The molecule has 0 aromatic rings. The Morgan fingerprint density at radius 1 is 1.44 bits per heavy atom. The monoisotopic (exact) mass is 266 g/mol. The molecule has 1 aliphatic heterocycles. The number of thioether (sulfide) groups is 1. The maximum absolute atomic E-state index is 12.0. The third-order valence-electron chi connectivity index (χ3n) is 2.68. The zero-order valence-electron chi connectivity index (χ0n) is 10.3. The average Bonchev–Trinajstić information content (AvgIpc) is 2.43. The first-order valence-corrected chi connectivity index (χ1v) is 8.45. The predicted octanol–water partition coefficient (Wildman–Crippen LogP) is 0.705. The van der Waals surface area contributed by atoms with Gasteiger partial charge in [0.25, 0.3) is 0 Å². The molecule has 0 aromatic carbocycles. The van der Waals surface area contributed by atoms with Crippen LogP contribution in [0.5, 0.6) is 0 Å². The van der Waals surface area contributed by atoms with Gasteiger partial charge in [0.2, 0.25) is 10.0 Å². The summed E-state index contributed by atoms with van der Waals surface area (Å²) in [4.78, 5) is 2.06. The molecule has 1 saturated heterocycles. The van der Waals surface area contributed by atoms with E-state index in [4.69, 9.17) is 0 Å². The molecule has 1 aliphatic rings. The lowest BCUT2D eigenvalue weighted by Gasteiger charge is -2.30. The van der Waals surface area contributed by atoms with Crippen LogP contribution in [-0.4, -0.2) is 68.1 Å². The Labute approximate surface area is 103 Å². The fourth-order valence-corrected chi connectivity index (χ4v) is 4.39. The van der Waals surface area contributed by atoms with Crippen molar-refractivity contribution in [1.82, 2.24) is 9.21 Å². The van der Waals surface area contributed by atoms with E-state index in [0.717, 1.165) is 24.5 Å². The second-order valence-electron chi connectivity index (χ2n) is 4.36. The predicted molar refractivity (Wildman–Crippen MR) is 70.5 cm³/mol. The number of hydrogen-bond donors (Lipinski definition) is 0. The Kier molecular flexibility index (Phi) is 5.56. The molecule has 1 fully saturated rings. The maximum atomic E-state index is 12.0. The van der Waals surface area contributed by atoms with Gasteiger partial charge in [-0.3, -0.25) is 0 Å². The fourth-order valence-electron chi connectivity index (χ4n) is 1.90. The van der Waals surface area contributed by atoms with Crippen LogP contribution in [0, 0.1) is 0 Å². The summed E-state index contributed by atoms with van der Waals surface area (Å²) in [5.41, 5.74) is 0. The van der Waals surface area contributed by atoms with Gasteiger partial charge in [-0.2, -0.15) is 16.1 Å². The molecule has 96 valence electrons. The Hall–Kier alpha value is 0.220. The Balaban J connectivity index is 2.81. The van der Waals surface area contributed by atoms with Crippen molar-refractivity contribution >= 4 is 21.8 Å². The third kappa shape index (κ3) is 3.91.